The second kappa shape index (κ2) is 9.83. The molecular formula is C27H29FN6O2. The van der Waals surface area contributed by atoms with Gasteiger partial charge in [-0.2, -0.15) is 0 Å². The highest BCUT2D eigenvalue weighted by molar-refractivity contribution is 5.88. The number of benzene rings is 2. The molecule has 1 atom stereocenters. The number of fused-ring (bicyclic) bond motifs is 2. The smallest absolute Gasteiger partial charge is 0.224 e. The standard InChI is InChI=1S/C27H29FN6O2/c28-20-5-3-4-18(12-20)26-16-34-25(17-36-26)24(31-32-34)15-33-10-8-21(9-11-33)30-27(35)13-19-14-29-23-7-2-1-6-22(19)23/h1-7,12,14,21,26,29H,8-11,13,15-17H2,(H,30,35)/t26-/m1/s1. The Hall–Kier alpha value is -3.56. The predicted octanol–water partition coefficient (Wildman–Crippen LogP) is 3.49. The molecule has 1 fully saturated rings. The van der Waals surface area contributed by atoms with Crippen molar-refractivity contribution in [3.63, 3.8) is 0 Å². The van der Waals surface area contributed by atoms with Gasteiger partial charge in [0.2, 0.25) is 5.91 Å². The van der Waals surface area contributed by atoms with Crippen LogP contribution < -0.4 is 5.32 Å². The first-order chi connectivity index (χ1) is 17.6. The zero-order chi connectivity index (χ0) is 24.5. The SMILES string of the molecule is O=C(Cc1c[nH]c2ccccc12)NC1CCN(Cc2nnn3c2CO[C@@H](c2cccc(F)c2)C3)CC1. The average molecular weight is 489 g/mol. The third kappa shape index (κ3) is 4.76. The number of carbonyl (C=O) groups excluding carboxylic acids is 1. The number of amides is 1. The van der Waals surface area contributed by atoms with Crippen LogP contribution in [0.15, 0.2) is 54.7 Å². The van der Waals surface area contributed by atoms with Gasteiger partial charge >= 0.3 is 0 Å². The molecule has 2 aromatic heterocycles. The van der Waals surface area contributed by atoms with E-state index in [2.05, 4.69) is 25.5 Å². The molecule has 4 heterocycles. The molecule has 0 bridgehead atoms. The molecule has 4 aromatic rings. The van der Waals surface area contributed by atoms with Crippen molar-refractivity contribution in [2.75, 3.05) is 13.1 Å². The Morgan fingerprint density at radius 3 is 2.89 bits per heavy atom. The molecule has 0 radical (unpaired) electrons. The predicted molar refractivity (Wildman–Crippen MR) is 132 cm³/mol. The Bertz CT molecular complexity index is 1370. The van der Waals surface area contributed by atoms with Crippen LogP contribution in [0.1, 0.15) is 41.5 Å². The van der Waals surface area contributed by atoms with Gasteiger partial charge in [-0.3, -0.25) is 9.69 Å². The number of para-hydroxylation sites is 1. The van der Waals surface area contributed by atoms with Crippen molar-refractivity contribution in [1.82, 2.24) is 30.2 Å². The summed E-state index contributed by atoms with van der Waals surface area (Å²) in [5.41, 5.74) is 4.80. The van der Waals surface area contributed by atoms with Crippen LogP contribution in [0.2, 0.25) is 0 Å². The van der Waals surface area contributed by atoms with Crippen LogP contribution in [0.4, 0.5) is 4.39 Å². The van der Waals surface area contributed by atoms with E-state index >= 15 is 0 Å². The first kappa shape index (κ1) is 22.9. The van der Waals surface area contributed by atoms with Crippen LogP contribution in [-0.2, 0) is 35.6 Å². The number of nitrogens with one attached hydrogen (secondary N) is 2. The number of carbonyl (C=O) groups is 1. The van der Waals surface area contributed by atoms with Gasteiger partial charge in [-0.25, -0.2) is 9.07 Å². The number of H-pyrrole nitrogens is 1. The summed E-state index contributed by atoms with van der Waals surface area (Å²) in [6.45, 7) is 3.41. The Morgan fingerprint density at radius 1 is 1.17 bits per heavy atom. The fourth-order valence-corrected chi connectivity index (χ4v) is 5.27. The molecule has 186 valence electrons. The Balaban J connectivity index is 1.00. The van der Waals surface area contributed by atoms with Crippen molar-refractivity contribution in [1.29, 1.82) is 0 Å². The van der Waals surface area contributed by atoms with Gasteiger partial charge in [-0.05, 0) is 42.2 Å². The van der Waals surface area contributed by atoms with E-state index in [9.17, 15) is 9.18 Å². The van der Waals surface area contributed by atoms with E-state index in [0.29, 0.717) is 26.1 Å². The van der Waals surface area contributed by atoms with Crippen molar-refractivity contribution >= 4 is 16.8 Å². The molecule has 9 heteroatoms. The lowest BCUT2D eigenvalue weighted by atomic mass is 10.0. The van der Waals surface area contributed by atoms with Crippen LogP contribution in [-0.4, -0.2) is 49.9 Å². The molecule has 0 unspecified atom stereocenters. The quantitative estimate of drug-likeness (QED) is 0.434. The number of aromatic amines is 1. The molecule has 0 saturated carbocycles. The highest BCUT2D eigenvalue weighted by Crippen LogP contribution is 2.28. The molecule has 8 nitrogen and oxygen atoms in total. The zero-order valence-corrected chi connectivity index (χ0v) is 20.0. The number of aromatic nitrogens is 4. The van der Waals surface area contributed by atoms with Crippen LogP contribution in [0.25, 0.3) is 10.9 Å². The van der Waals surface area contributed by atoms with E-state index in [0.717, 1.165) is 59.3 Å². The van der Waals surface area contributed by atoms with Gasteiger partial charge in [0.1, 0.15) is 17.6 Å². The summed E-state index contributed by atoms with van der Waals surface area (Å²) in [6, 6.07) is 14.8. The minimum absolute atomic E-state index is 0.0653. The van der Waals surface area contributed by atoms with Gasteiger partial charge in [0.15, 0.2) is 0 Å². The largest absolute Gasteiger partial charge is 0.365 e. The summed E-state index contributed by atoms with van der Waals surface area (Å²) in [4.78, 5) is 18.3. The number of likely N-dealkylation sites (tertiary alicyclic amines) is 1. The summed E-state index contributed by atoms with van der Waals surface area (Å²) in [7, 11) is 0. The van der Waals surface area contributed by atoms with Crippen molar-refractivity contribution in [3.8, 4) is 0 Å². The minimum atomic E-state index is -0.265. The number of piperidine rings is 1. The molecule has 1 saturated heterocycles. The topological polar surface area (TPSA) is 88.1 Å². The molecular weight excluding hydrogens is 459 g/mol. The second-order valence-corrected chi connectivity index (χ2v) is 9.67. The van der Waals surface area contributed by atoms with E-state index in [-0.39, 0.29) is 23.9 Å². The lowest BCUT2D eigenvalue weighted by molar-refractivity contribution is -0.121. The van der Waals surface area contributed by atoms with E-state index in [4.69, 9.17) is 4.74 Å². The summed E-state index contributed by atoms with van der Waals surface area (Å²) >= 11 is 0. The van der Waals surface area contributed by atoms with E-state index in [1.54, 1.807) is 6.07 Å². The minimum Gasteiger partial charge on any atom is -0.365 e. The monoisotopic (exact) mass is 488 g/mol. The maximum absolute atomic E-state index is 13.6. The van der Waals surface area contributed by atoms with Crippen molar-refractivity contribution < 1.29 is 13.9 Å². The second-order valence-electron chi connectivity index (χ2n) is 9.67. The summed E-state index contributed by atoms with van der Waals surface area (Å²) in [5.74, 6) is -0.200. The lowest BCUT2D eigenvalue weighted by Crippen LogP contribution is -2.44. The lowest BCUT2D eigenvalue weighted by Gasteiger charge is -2.32. The van der Waals surface area contributed by atoms with E-state index in [1.807, 2.05) is 41.2 Å². The fourth-order valence-electron chi connectivity index (χ4n) is 5.27. The fraction of sp³-hybridized carbons (Fsp3) is 0.370. The summed E-state index contributed by atoms with van der Waals surface area (Å²) < 4.78 is 21.5. The third-order valence-electron chi connectivity index (χ3n) is 7.25. The third-order valence-corrected chi connectivity index (χ3v) is 7.25. The molecule has 2 aliphatic rings. The number of hydrogen-bond donors (Lipinski definition) is 2. The highest BCUT2D eigenvalue weighted by Gasteiger charge is 2.27. The number of halogens is 1. The Morgan fingerprint density at radius 2 is 2.03 bits per heavy atom. The van der Waals surface area contributed by atoms with Gasteiger partial charge in [-0.1, -0.05) is 35.5 Å². The van der Waals surface area contributed by atoms with E-state index < -0.39 is 0 Å². The van der Waals surface area contributed by atoms with Crippen molar-refractivity contribution in [2.45, 2.75) is 51.1 Å². The molecule has 6 rings (SSSR count). The molecule has 36 heavy (non-hydrogen) atoms. The maximum Gasteiger partial charge on any atom is 0.224 e. The van der Waals surface area contributed by atoms with Gasteiger partial charge in [0, 0.05) is 42.8 Å². The molecule has 2 aliphatic heterocycles. The summed E-state index contributed by atoms with van der Waals surface area (Å²) in [5, 5.41) is 13.1. The van der Waals surface area contributed by atoms with Gasteiger partial charge < -0.3 is 15.0 Å². The van der Waals surface area contributed by atoms with Crippen LogP contribution in [0.5, 0.6) is 0 Å². The zero-order valence-electron chi connectivity index (χ0n) is 20.0. The van der Waals surface area contributed by atoms with Crippen molar-refractivity contribution in [3.05, 3.63) is 83.1 Å². The van der Waals surface area contributed by atoms with Crippen LogP contribution >= 0.6 is 0 Å². The molecule has 0 aliphatic carbocycles. The van der Waals surface area contributed by atoms with Gasteiger partial charge in [0.25, 0.3) is 0 Å². The molecule has 1 amide bonds. The summed E-state index contributed by atoms with van der Waals surface area (Å²) in [6.07, 6.45) is 3.89. The molecule has 2 aromatic carbocycles. The number of rotatable bonds is 6. The van der Waals surface area contributed by atoms with Crippen molar-refractivity contribution in [2.24, 2.45) is 0 Å². The maximum atomic E-state index is 13.6. The molecule has 2 N–H and O–H groups in total. The van der Waals surface area contributed by atoms with Crippen LogP contribution in [0, 0.1) is 5.82 Å². The average Bonchev–Trinajstić information content (AvgIpc) is 3.49. The van der Waals surface area contributed by atoms with Gasteiger partial charge in [-0.15, -0.1) is 5.10 Å². The van der Waals surface area contributed by atoms with Crippen LogP contribution in [0.3, 0.4) is 0 Å². The van der Waals surface area contributed by atoms with Gasteiger partial charge in [0.05, 0.1) is 25.3 Å². The first-order valence-electron chi connectivity index (χ1n) is 12.5. The van der Waals surface area contributed by atoms with E-state index in [1.165, 1.54) is 12.1 Å². The molecule has 0 spiro atoms. The number of ether oxygens (including phenoxy) is 1. The first-order valence-corrected chi connectivity index (χ1v) is 12.5. The Kier molecular flexibility index (Phi) is 6.25. The highest BCUT2D eigenvalue weighted by atomic mass is 19.1. The number of nitrogens with zero attached hydrogens (tertiary/aromatic N) is 4. The number of hydrogen-bond acceptors (Lipinski definition) is 5. The Labute approximate surface area is 208 Å². The normalized spacial score (nSPS) is 18.9.